The summed E-state index contributed by atoms with van der Waals surface area (Å²) < 4.78 is 5.69. The highest BCUT2D eigenvalue weighted by molar-refractivity contribution is 5.30. The zero-order valence-corrected chi connectivity index (χ0v) is 13.9. The summed E-state index contributed by atoms with van der Waals surface area (Å²) in [7, 11) is 0. The van der Waals surface area contributed by atoms with Crippen molar-refractivity contribution in [1.82, 2.24) is 5.32 Å². The lowest BCUT2D eigenvalue weighted by Crippen LogP contribution is -2.33. The van der Waals surface area contributed by atoms with Crippen molar-refractivity contribution in [2.75, 3.05) is 13.2 Å². The fourth-order valence-corrected chi connectivity index (χ4v) is 3.31. The third-order valence-electron chi connectivity index (χ3n) is 4.48. The quantitative estimate of drug-likeness (QED) is 0.782. The van der Waals surface area contributed by atoms with Crippen molar-refractivity contribution in [3.05, 3.63) is 29.8 Å². The molecule has 0 bridgehead atoms. The molecule has 0 amide bonds. The number of ether oxygens (including phenoxy) is 1. The molecule has 0 radical (unpaired) electrons. The fraction of sp³-hybridized carbons (Fsp3) is 0.684. The second kappa shape index (κ2) is 8.43. The van der Waals surface area contributed by atoms with Gasteiger partial charge >= 0.3 is 0 Å². The minimum absolute atomic E-state index is 0.581. The number of hydrogen-bond donors (Lipinski definition) is 1. The highest BCUT2D eigenvalue weighted by Gasteiger charge is 2.26. The molecule has 2 rings (SSSR count). The molecule has 0 saturated heterocycles. The Bertz CT molecular complexity index is 399. The number of rotatable bonds is 7. The molecular formula is C19H31NO. The molecule has 0 aromatic heterocycles. The standard InChI is InChI=1S/C19H31NO/c1-4-13-21-18-11-9-16(10-12-18)19-8-6-5-7-17(19)14-20-15(2)3/h9-12,15,17,19-20H,4-8,13-14H2,1-3H3. The summed E-state index contributed by atoms with van der Waals surface area (Å²) in [5.41, 5.74) is 1.49. The summed E-state index contributed by atoms with van der Waals surface area (Å²) >= 11 is 0. The van der Waals surface area contributed by atoms with Crippen molar-refractivity contribution in [3.8, 4) is 5.75 Å². The van der Waals surface area contributed by atoms with Gasteiger partial charge in [0.2, 0.25) is 0 Å². The molecule has 1 aromatic carbocycles. The van der Waals surface area contributed by atoms with E-state index in [9.17, 15) is 0 Å². The lowest BCUT2D eigenvalue weighted by Gasteiger charge is -2.33. The zero-order chi connectivity index (χ0) is 15.1. The van der Waals surface area contributed by atoms with Crippen LogP contribution >= 0.6 is 0 Å². The van der Waals surface area contributed by atoms with Crippen LogP contribution in [0.1, 0.15) is 64.4 Å². The largest absolute Gasteiger partial charge is 0.494 e. The highest BCUT2D eigenvalue weighted by Crippen LogP contribution is 2.38. The average Bonchev–Trinajstić information content (AvgIpc) is 2.52. The molecule has 2 atom stereocenters. The van der Waals surface area contributed by atoms with Crippen LogP contribution in [0.15, 0.2) is 24.3 Å². The molecule has 1 aliphatic rings. The summed E-state index contributed by atoms with van der Waals surface area (Å²) in [6, 6.07) is 9.43. The molecule has 0 heterocycles. The Morgan fingerprint density at radius 3 is 2.52 bits per heavy atom. The maximum absolute atomic E-state index is 5.69. The van der Waals surface area contributed by atoms with Crippen LogP contribution in [0, 0.1) is 5.92 Å². The topological polar surface area (TPSA) is 21.3 Å². The molecule has 1 aromatic rings. The molecule has 1 aliphatic carbocycles. The number of nitrogens with one attached hydrogen (secondary N) is 1. The molecule has 0 aliphatic heterocycles. The summed E-state index contributed by atoms with van der Waals surface area (Å²) in [6.45, 7) is 8.57. The first kappa shape index (κ1) is 16.4. The van der Waals surface area contributed by atoms with Crippen LogP contribution in [-0.4, -0.2) is 19.2 Å². The Balaban J connectivity index is 1.99. The van der Waals surface area contributed by atoms with Gasteiger partial charge in [0, 0.05) is 6.04 Å². The predicted octanol–water partition coefficient (Wildman–Crippen LogP) is 4.75. The van der Waals surface area contributed by atoms with E-state index in [-0.39, 0.29) is 0 Å². The van der Waals surface area contributed by atoms with E-state index < -0.39 is 0 Å². The summed E-state index contributed by atoms with van der Waals surface area (Å²) in [5.74, 6) is 2.50. The van der Waals surface area contributed by atoms with Crippen LogP contribution < -0.4 is 10.1 Å². The molecule has 118 valence electrons. The highest BCUT2D eigenvalue weighted by atomic mass is 16.5. The van der Waals surface area contributed by atoms with E-state index in [1.54, 1.807) is 0 Å². The molecule has 1 saturated carbocycles. The smallest absolute Gasteiger partial charge is 0.119 e. The lowest BCUT2D eigenvalue weighted by atomic mass is 9.75. The van der Waals surface area contributed by atoms with E-state index >= 15 is 0 Å². The molecule has 2 heteroatoms. The monoisotopic (exact) mass is 289 g/mol. The summed E-state index contributed by atoms with van der Waals surface area (Å²) in [6.07, 6.45) is 6.51. The van der Waals surface area contributed by atoms with Gasteiger partial charge in [0.15, 0.2) is 0 Å². The molecule has 1 N–H and O–H groups in total. The van der Waals surface area contributed by atoms with Crippen molar-refractivity contribution in [2.24, 2.45) is 5.92 Å². The molecular weight excluding hydrogens is 258 g/mol. The van der Waals surface area contributed by atoms with Gasteiger partial charge in [-0.05, 0) is 55.3 Å². The Morgan fingerprint density at radius 1 is 1.14 bits per heavy atom. The Labute approximate surface area is 130 Å². The van der Waals surface area contributed by atoms with Crippen LogP contribution in [0.4, 0.5) is 0 Å². The lowest BCUT2D eigenvalue weighted by molar-refractivity contribution is 0.288. The minimum atomic E-state index is 0.581. The Morgan fingerprint density at radius 2 is 1.86 bits per heavy atom. The number of benzene rings is 1. The van der Waals surface area contributed by atoms with Gasteiger partial charge < -0.3 is 10.1 Å². The van der Waals surface area contributed by atoms with Crippen LogP contribution in [-0.2, 0) is 0 Å². The van der Waals surface area contributed by atoms with Crippen molar-refractivity contribution < 1.29 is 4.74 Å². The first-order chi connectivity index (χ1) is 10.2. The third kappa shape index (κ3) is 5.03. The third-order valence-corrected chi connectivity index (χ3v) is 4.48. The average molecular weight is 289 g/mol. The summed E-state index contributed by atoms with van der Waals surface area (Å²) in [4.78, 5) is 0. The predicted molar refractivity (Wildman–Crippen MR) is 90.1 cm³/mol. The van der Waals surface area contributed by atoms with E-state index in [4.69, 9.17) is 4.74 Å². The van der Waals surface area contributed by atoms with Gasteiger partial charge in [0.05, 0.1) is 6.61 Å². The van der Waals surface area contributed by atoms with E-state index in [0.29, 0.717) is 12.0 Å². The normalized spacial score (nSPS) is 22.5. The zero-order valence-electron chi connectivity index (χ0n) is 13.9. The fourth-order valence-electron chi connectivity index (χ4n) is 3.31. The van der Waals surface area contributed by atoms with Crippen molar-refractivity contribution in [1.29, 1.82) is 0 Å². The van der Waals surface area contributed by atoms with Gasteiger partial charge in [0.1, 0.15) is 5.75 Å². The Hall–Kier alpha value is -1.02. The van der Waals surface area contributed by atoms with E-state index in [2.05, 4.69) is 50.4 Å². The van der Waals surface area contributed by atoms with Gasteiger partial charge in [-0.25, -0.2) is 0 Å². The van der Waals surface area contributed by atoms with Gasteiger partial charge in [0.25, 0.3) is 0 Å². The van der Waals surface area contributed by atoms with Crippen LogP contribution in [0.25, 0.3) is 0 Å². The maximum atomic E-state index is 5.69. The van der Waals surface area contributed by atoms with E-state index in [0.717, 1.165) is 31.2 Å². The first-order valence-corrected chi connectivity index (χ1v) is 8.66. The van der Waals surface area contributed by atoms with Crippen molar-refractivity contribution >= 4 is 0 Å². The second-order valence-electron chi connectivity index (χ2n) is 6.63. The van der Waals surface area contributed by atoms with E-state index in [1.165, 1.54) is 31.2 Å². The molecule has 1 fully saturated rings. The molecule has 21 heavy (non-hydrogen) atoms. The van der Waals surface area contributed by atoms with Gasteiger partial charge in [-0.3, -0.25) is 0 Å². The first-order valence-electron chi connectivity index (χ1n) is 8.66. The van der Waals surface area contributed by atoms with Crippen LogP contribution in [0.2, 0.25) is 0 Å². The van der Waals surface area contributed by atoms with Gasteiger partial charge in [-0.2, -0.15) is 0 Å². The summed E-state index contributed by atoms with van der Waals surface area (Å²) in [5, 5.41) is 3.63. The molecule has 0 spiro atoms. The minimum Gasteiger partial charge on any atom is -0.494 e. The van der Waals surface area contributed by atoms with E-state index in [1.807, 2.05) is 0 Å². The SMILES string of the molecule is CCCOc1ccc(C2CCCCC2CNC(C)C)cc1. The van der Waals surface area contributed by atoms with Crippen LogP contribution in [0.5, 0.6) is 5.75 Å². The van der Waals surface area contributed by atoms with Gasteiger partial charge in [-0.15, -0.1) is 0 Å². The number of hydrogen-bond acceptors (Lipinski definition) is 2. The van der Waals surface area contributed by atoms with Crippen molar-refractivity contribution in [3.63, 3.8) is 0 Å². The second-order valence-corrected chi connectivity index (χ2v) is 6.63. The molecule has 2 unspecified atom stereocenters. The van der Waals surface area contributed by atoms with Crippen molar-refractivity contribution in [2.45, 2.75) is 64.8 Å². The van der Waals surface area contributed by atoms with Crippen LogP contribution in [0.3, 0.4) is 0 Å². The van der Waals surface area contributed by atoms with Gasteiger partial charge in [-0.1, -0.05) is 45.7 Å². The molecule has 2 nitrogen and oxygen atoms in total. The Kier molecular flexibility index (Phi) is 6.56. The maximum Gasteiger partial charge on any atom is 0.119 e.